The third kappa shape index (κ3) is 5.60. The van der Waals surface area contributed by atoms with E-state index in [1.165, 1.54) is 0 Å². The molecule has 0 saturated carbocycles. The third-order valence-corrected chi connectivity index (χ3v) is 2.82. The van der Waals surface area contributed by atoms with Gasteiger partial charge in [-0.1, -0.05) is 25.5 Å². The Labute approximate surface area is 115 Å². The number of aryl methyl sites for hydroxylation is 1. The standard InChI is InChI=1S/C16H23NO2/c1-12(2)9-10-17-16(18)8-6-14-11-13(3)5-7-15(14)19-4/h5-8,11-12H,9-10H2,1-4H3,(H,17,18)/b8-6+. The molecule has 104 valence electrons. The predicted octanol–water partition coefficient (Wildman–Crippen LogP) is 3.18. The molecule has 0 fully saturated rings. The summed E-state index contributed by atoms with van der Waals surface area (Å²) in [5.41, 5.74) is 2.06. The number of amides is 1. The molecular formula is C16H23NO2. The molecule has 0 heterocycles. The van der Waals surface area contributed by atoms with E-state index in [-0.39, 0.29) is 5.91 Å². The Kier molecular flexibility index (Phi) is 6.13. The van der Waals surface area contributed by atoms with Crippen molar-refractivity contribution in [3.05, 3.63) is 35.4 Å². The molecule has 1 aromatic carbocycles. The quantitative estimate of drug-likeness (QED) is 0.799. The van der Waals surface area contributed by atoms with Gasteiger partial charge in [0.2, 0.25) is 5.91 Å². The lowest BCUT2D eigenvalue weighted by Crippen LogP contribution is -2.23. The van der Waals surface area contributed by atoms with E-state index in [9.17, 15) is 4.79 Å². The SMILES string of the molecule is COc1ccc(C)cc1/C=C/C(=O)NCCC(C)C. The van der Waals surface area contributed by atoms with E-state index in [4.69, 9.17) is 4.74 Å². The Hall–Kier alpha value is -1.77. The van der Waals surface area contributed by atoms with Gasteiger partial charge in [0.15, 0.2) is 0 Å². The highest BCUT2D eigenvalue weighted by Crippen LogP contribution is 2.20. The average Bonchev–Trinajstić information content (AvgIpc) is 2.36. The molecule has 0 atom stereocenters. The van der Waals surface area contributed by atoms with Crippen LogP contribution in [0.4, 0.5) is 0 Å². The maximum Gasteiger partial charge on any atom is 0.244 e. The van der Waals surface area contributed by atoms with Crippen LogP contribution >= 0.6 is 0 Å². The van der Waals surface area contributed by atoms with E-state index >= 15 is 0 Å². The summed E-state index contributed by atoms with van der Waals surface area (Å²) in [6.45, 7) is 7.00. The summed E-state index contributed by atoms with van der Waals surface area (Å²) in [5.74, 6) is 1.31. The summed E-state index contributed by atoms with van der Waals surface area (Å²) >= 11 is 0. The van der Waals surface area contributed by atoms with Crippen LogP contribution in [0.1, 0.15) is 31.4 Å². The minimum Gasteiger partial charge on any atom is -0.496 e. The minimum absolute atomic E-state index is 0.0655. The number of hydrogen-bond acceptors (Lipinski definition) is 2. The van der Waals surface area contributed by atoms with Crippen molar-refractivity contribution < 1.29 is 9.53 Å². The van der Waals surface area contributed by atoms with Gasteiger partial charge >= 0.3 is 0 Å². The molecule has 0 aromatic heterocycles. The molecule has 0 spiro atoms. The van der Waals surface area contributed by atoms with E-state index in [0.29, 0.717) is 12.5 Å². The van der Waals surface area contributed by atoms with Crippen molar-refractivity contribution >= 4 is 12.0 Å². The van der Waals surface area contributed by atoms with Crippen LogP contribution in [0.2, 0.25) is 0 Å². The topological polar surface area (TPSA) is 38.3 Å². The second-order valence-corrected chi connectivity index (χ2v) is 5.05. The molecule has 0 aliphatic rings. The zero-order valence-corrected chi connectivity index (χ0v) is 12.2. The summed E-state index contributed by atoms with van der Waals surface area (Å²) < 4.78 is 5.26. The number of carbonyl (C=O) groups is 1. The molecule has 3 nitrogen and oxygen atoms in total. The molecule has 0 radical (unpaired) electrons. The molecule has 0 unspecified atom stereocenters. The maximum atomic E-state index is 11.6. The van der Waals surface area contributed by atoms with E-state index in [0.717, 1.165) is 23.3 Å². The van der Waals surface area contributed by atoms with Gasteiger partial charge in [-0.3, -0.25) is 4.79 Å². The molecule has 0 aliphatic carbocycles. The summed E-state index contributed by atoms with van der Waals surface area (Å²) in [7, 11) is 1.63. The van der Waals surface area contributed by atoms with Crippen molar-refractivity contribution in [2.24, 2.45) is 5.92 Å². The first kappa shape index (κ1) is 15.3. The molecule has 1 rings (SSSR count). The Balaban J connectivity index is 2.60. The molecule has 0 aliphatic heterocycles. The molecule has 1 N–H and O–H groups in total. The normalized spacial score (nSPS) is 11.0. The van der Waals surface area contributed by atoms with Crippen molar-refractivity contribution in [3.8, 4) is 5.75 Å². The van der Waals surface area contributed by atoms with Gasteiger partial charge in [0.25, 0.3) is 0 Å². The van der Waals surface area contributed by atoms with Crippen LogP contribution in [0, 0.1) is 12.8 Å². The second kappa shape index (κ2) is 7.62. The van der Waals surface area contributed by atoms with Crippen molar-refractivity contribution in [1.82, 2.24) is 5.32 Å². The number of carbonyl (C=O) groups excluding carboxylic acids is 1. The van der Waals surface area contributed by atoms with Gasteiger partial charge in [-0.05, 0) is 37.5 Å². The van der Waals surface area contributed by atoms with Gasteiger partial charge in [-0.2, -0.15) is 0 Å². The Morgan fingerprint density at radius 1 is 1.42 bits per heavy atom. The molecule has 1 aromatic rings. The van der Waals surface area contributed by atoms with E-state index in [2.05, 4.69) is 19.2 Å². The molecular weight excluding hydrogens is 238 g/mol. The molecule has 0 saturated heterocycles. The predicted molar refractivity (Wildman–Crippen MR) is 79.2 cm³/mol. The van der Waals surface area contributed by atoms with Crippen LogP contribution in [-0.2, 0) is 4.79 Å². The fraction of sp³-hybridized carbons (Fsp3) is 0.438. The smallest absolute Gasteiger partial charge is 0.244 e. The van der Waals surface area contributed by atoms with Gasteiger partial charge in [-0.15, -0.1) is 0 Å². The highest BCUT2D eigenvalue weighted by molar-refractivity contribution is 5.92. The molecule has 0 bridgehead atoms. The van der Waals surface area contributed by atoms with Crippen LogP contribution in [0.25, 0.3) is 6.08 Å². The van der Waals surface area contributed by atoms with Crippen molar-refractivity contribution in [2.45, 2.75) is 27.2 Å². The zero-order chi connectivity index (χ0) is 14.3. The van der Waals surface area contributed by atoms with Crippen LogP contribution in [0.3, 0.4) is 0 Å². The molecule has 3 heteroatoms. The van der Waals surface area contributed by atoms with Crippen molar-refractivity contribution in [3.63, 3.8) is 0 Å². The summed E-state index contributed by atoms with van der Waals surface area (Å²) in [5, 5.41) is 2.87. The van der Waals surface area contributed by atoms with Gasteiger partial charge in [-0.25, -0.2) is 0 Å². The third-order valence-electron chi connectivity index (χ3n) is 2.82. The number of methoxy groups -OCH3 is 1. The summed E-state index contributed by atoms with van der Waals surface area (Å²) in [4.78, 5) is 11.6. The van der Waals surface area contributed by atoms with Crippen LogP contribution < -0.4 is 10.1 Å². The molecule has 1 amide bonds. The highest BCUT2D eigenvalue weighted by atomic mass is 16.5. The van der Waals surface area contributed by atoms with Gasteiger partial charge in [0.05, 0.1) is 7.11 Å². The maximum absolute atomic E-state index is 11.6. The van der Waals surface area contributed by atoms with Crippen molar-refractivity contribution in [2.75, 3.05) is 13.7 Å². The van der Waals surface area contributed by atoms with E-state index in [1.54, 1.807) is 19.3 Å². The van der Waals surface area contributed by atoms with Crippen molar-refractivity contribution in [1.29, 1.82) is 0 Å². The first-order valence-electron chi connectivity index (χ1n) is 6.63. The van der Waals surface area contributed by atoms with Gasteiger partial charge in [0.1, 0.15) is 5.75 Å². The lowest BCUT2D eigenvalue weighted by molar-refractivity contribution is -0.116. The number of rotatable bonds is 6. The number of hydrogen-bond donors (Lipinski definition) is 1. The lowest BCUT2D eigenvalue weighted by atomic mass is 10.1. The minimum atomic E-state index is -0.0655. The Morgan fingerprint density at radius 3 is 2.79 bits per heavy atom. The summed E-state index contributed by atoms with van der Waals surface area (Å²) in [6, 6.07) is 5.89. The van der Waals surface area contributed by atoms with E-state index in [1.807, 2.05) is 25.1 Å². The lowest BCUT2D eigenvalue weighted by Gasteiger charge is -2.06. The zero-order valence-electron chi connectivity index (χ0n) is 12.2. The van der Waals surface area contributed by atoms with Gasteiger partial charge < -0.3 is 10.1 Å². The summed E-state index contributed by atoms with van der Waals surface area (Å²) in [6.07, 6.45) is 4.33. The number of benzene rings is 1. The Morgan fingerprint density at radius 2 is 2.16 bits per heavy atom. The van der Waals surface area contributed by atoms with Crippen LogP contribution in [-0.4, -0.2) is 19.6 Å². The molecule has 19 heavy (non-hydrogen) atoms. The Bertz CT molecular complexity index is 450. The first-order chi connectivity index (χ1) is 9.02. The monoisotopic (exact) mass is 261 g/mol. The average molecular weight is 261 g/mol. The second-order valence-electron chi connectivity index (χ2n) is 5.05. The number of nitrogens with one attached hydrogen (secondary N) is 1. The van der Waals surface area contributed by atoms with Crippen LogP contribution in [0.15, 0.2) is 24.3 Å². The highest BCUT2D eigenvalue weighted by Gasteiger charge is 2.01. The fourth-order valence-electron chi connectivity index (χ4n) is 1.69. The largest absolute Gasteiger partial charge is 0.496 e. The van der Waals surface area contributed by atoms with Gasteiger partial charge in [0, 0.05) is 18.2 Å². The van der Waals surface area contributed by atoms with Crippen LogP contribution in [0.5, 0.6) is 5.75 Å². The fourth-order valence-corrected chi connectivity index (χ4v) is 1.69. The first-order valence-corrected chi connectivity index (χ1v) is 6.63. The number of ether oxygens (including phenoxy) is 1. The van der Waals surface area contributed by atoms with E-state index < -0.39 is 0 Å².